The average Bonchev–Trinajstić information content (AvgIpc) is 2.38. The van der Waals surface area contributed by atoms with Crippen molar-refractivity contribution in [3.63, 3.8) is 0 Å². The fourth-order valence-electron chi connectivity index (χ4n) is 1.53. The molecule has 1 heterocycles. The minimum Gasteiger partial charge on any atom is -0.355 e. The van der Waals surface area contributed by atoms with E-state index in [4.69, 9.17) is 5.84 Å². The molecule has 0 spiro atoms. The third-order valence-corrected chi connectivity index (χ3v) is 2.54. The van der Waals surface area contributed by atoms with Gasteiger partial charge < -0.3 is 15.6 Å². The lowest BCUT2D eigenvalue weighted by molar-refractivity contribution is -0.119. The molecule has 106 valence electrons. The van der Waals surface area contributed by atoms with Crippen LogP contribution in [-0.2, 0) is 4.79 Å². The number of hydrazine groups is 1. The molecule has 0 bridgehead atoms. The summed E-state index contributed by atoms with van der Waals surface area (Å²) in [5, 5.41) is 2.75. The fraction of sp³-hybridized carbons (Fsp3) is 0.583. The molecule has 1 amide bonds. The number of hydrogen-bond donors (Lipinski definition) is 3. The van der Waals surface area contributed by atoms with E-state index in [2.05, 4.69) is 20.7 Å². The second kappa shape index (κ2) is 6.89. The lowest BCUT2D eigenvalue weighted by Crippen LogP contribution is -2.35. The topological polar surface area (TPSA) is 96.2 Å². The zero-order chi connectivity index (χ0) is 14.4. The molecule has 0 radical (unpaired) electrons. The molecule has 1 rings (SSSR count). The molecule has 7 nitrogen and oxygen atoms in total. The largest absolute Gasteiger partial charge is 0.355 e. The molecule has 1 aromatic heterocycles. The van der Waals surface area contributed by atoms with Gasteiger partial charge in [0.15, 0.2) is 0 Å². The number of hydrogen-bond acceptors (Lipinski definition) is 6. The minimum atomic E-state index is -0.0445. The van der Waals surface area contributed by atoms with Gasteiger partial charge in [-0.15, -0.1) is 0 Å². The maximum absolute atomic E-state index is 11.6. The van der Waals surface area contributed by atoms with Crippen LogP contribution in [0, 0.1) is 0 Å². The molecule has 0 unspecified atom stereocenters. The highest BCUT2D eigenvalue weighted by molar-refractivity contribution is 5.80. The highest BCUT2D eigenvalue weighted by Crippen LogP contribution is 2.18. The van der Waals surface area contributed by atoms with E-state index in [1.165, 1.54) is 0 Å². The van der Waals surface area contributed by atoms with Gasteiger partial charge in [-0.2, -0.15) is 0 Å². The van der Waals surface area contributed by atoms with Crippen LogP contribution in [-0.4, -0.2) is 36.0 Å². The first-order valence-corrected chi connectivity index (χ1v) is 6.31. The number of aromatic nitrogens is 2. The Labute approximate surface area is 113 Å². The maximum Gasteiger partial charge on any atom is 0.239 e. The van der Waals surface area contributed by atoms with Gasteiger partial charge in [0, 0.05) is 25.6 Å². The van der Waals surface area contributed by atoms with E-state index < -0.39 is 0 Å². The van der Waals surface area contributed by atoms with E-state index in [9.17, 15) is 4.79 Å². The summed E-state index contributed by atoms with van der Waals surface area (Å²) in [5.74, 6) is 7.43. The number of rotatable bonds is 6. The van der Waals surface area contributed by atoms with Crippen LogP contribution < -0.4 is 21.5 Å². The summed E-state index contributed by atoms with van der Waals surface area (Å²) in [6, 6.07) is 1.71. The Balaban J connectivity index is 2.92. The molecule has 0 atom stereocenters. The van der Waals surface area contributed by atoms with Gasteiger partial charge in [-0.05, 0) is 6.92 Å². The number of nitrogens with one attached hydrogen (secondary N) is 2. The summed E-state index contributed by atoms with van der Waals surface area (Å²) < 4.78 is 0. The van der Waals surface area contributed by atoms with E-state index in [0.717, 1.165) is 0 Å². The van der Waals surface area contributed by atoms with Crippen molar-refractivity contribution in [2.75, 3.05) is 30.5 Å². The van der Waals surface area contributed by atoms with Gasteiger partial charge in [-0.3, -0.25) is 4.79 Å². The first kappa shape index (κ1) is 15.2. The monoisotopic (exact) mass is 266 g/mol. The highest BCUT2D eigenvalue weighted by Gasteiger charge is 2.12. The Hall–Kier alpha value is -1.89. The van der Waals surface area contributed by atoms with Crippen molar-refractivity contribution in [3.8, 4) is 0 Å². The molecular weight excluding hydrogens is 244 g/mol. The Kier molecular flexibility index (Phi) is 5.50. The van der Waals surface area contributed by atoms with Crippen LogP contribution in [0.4, 0.5) is 11.6 Å². The van der Waals surface area contributed by atoms with Gasteiger partial charge in [-0.1, -0.05) is 13.8 Å². The maximum atomic E-state index is 11.6. The van der Waals surface area contributed by atoms with E-state index in [0.29, 0.717) is 24.0 Å². The number of amides is 1. The first-order valence-electron chi connectivity index (χ1n) is 6.31. The number of carbonyl (C=O) groups excluding carboxylic acids is 1. The second-order valence-electron chi connectivity index (χ2n) is 4.58. The molecule has 19 heavy (non-hydrogen) atoms. The van der Waals surface area contributed by atoms with Gasteiger partial charge in [0.2, 0.25) is 5.91 Å². The number of nitrogen functional groups attached to an aromatic ring is 1. The van der Waals surface area contributed by atoms with E-state index >= 15 is 0 Å². The van der Waals surface area contributed by atoms with Crippen LogP contribution in [0.15, 0.2) is 6.07 Å². The molecule has 0 fully saturated rings. The van der Waals surface area contributed by atoms with E-state index in [-0.39, 0.29) is 18.4 Å². The Morgan fingerprint density at radius 1 is 1.47 bits per heavy atom. The standard InChI is InChI=1S/C12H22N6O/c1-5-14-11(19)7-18(4)10-6-9(17-13)15-12(16-10)8(2)3/h6,8H,5,7,13H2,1-4H3,(H,14,19)(H,15,16,17). The molecule has 0 aromatic carbocycles. The summed E-state index contributed by atoms with van der Waals surface area (Å²) in [5.41, 5.74) is 2.52. The van der Waals surface area contributed by atoms with Crippen LogP contribution in [0.25, 0.3) is 0 Å². The second-order valence-corrected chi connectivity index (χ2v) is 4.58. The number of nitrogens with zero attached hydrogens (tertiary/aromatic N) is 3. The van der Waals surface area contributed by atoms with Crippen molar-refractivity contribution in [1.29, 1.82) is 0 Å². The fourth-order valence-corrected chi connectivity index (χ4v) is 1.53. The van der Waals surface area contributed by atoms with Crippen LogP contribution in [0.1, 0.15) is 32.5 Å². The third kappa shape index (κ3) is 4.36. The average molecular weight is 266 g/mol. The number of likely N-dealkylation sites (N-methyl/N-ethyl adjacent to an activating group) is 2. The highest BCUT2D eigenvalue weighted by atomic mass is 16.2. The molecular formula is C12H22N6O. The number of carbonyl (C=O) groups is 1. The van der Waals surface area contributed by atoms with Gasteiger partial charge >= 0.3 is 0 Å². The summed E-state index contributed by atoms with van der Waals surface area (Å²) in [4.78, 5) is 22.0. The predicted octanol–water partition coefficient (Wildman–Crippen LogP) is 0.458. The SMILES string of the molecule is CCNC(=O)CN(C)c1cc(NN)nc(C(C)C)n1. The van der Waals surface area contributed by atoms with Crippen LogP contribution in [0.2, 0.25) is 0 Å². The Morgan fingerprint density at radius 2 is 2.16 bits per heavy atom. The summed E-state index contributed by atoms with van der Waals surface area (Å²) >= 11 is 0. The molecule has 1 aromatic rings. The first-order chi connectivity index (χ1) is 8.97. The smallest absolute Gasteiger partial charge is 0.239 e. The molecule has 4 N–H and O–H groups in total. The predicted molar refractivity (Wildman–Crippen MR) is 75.9 cm³/mol. The Bertz CT molecular complexity index is 434. The van der Waals surface area contributed by atoms with Crippen molar-refractivity contribution in [3.05, 3.63) is 11.9 Å². The van der Waals surface area contributed by atoms with Gasteiger partial charge in [0.1, 0.15) is 17.5 Å². The molecule has 0 aliphatic rings. The zero-order valence-electron chi connectivity index (χ0n) is 11.9. The van der Waals surface area contributed by atoms with Crippen LogP contribution >= 0.6 is 0 Å². The van der Waals surface area contributed by atoms with Crippen molar-refractivity contribution < 1.29 is 4.79 Å². The van der Waals surface area contributed by atoms with E-state index in [1.54, 1.807) is 11.0 Å². The van der Waals surface area contributed by atoms with Crippen molar-refractivity contribution in [2.45, 2.75) is 26.7 Å². The molecule has 7 heteroatoms. The van der Waals surface area contributed by atoms with Crippen LogP contribution in [0.5, 0.6) is 0 Å². The van der Waals surface area contributed by atoms with Gasteiger partial charge in [0.05, 0.1) is 6.54 Å². The summed E-state index contributed by atoms with van der Waals surface area (Å²) in [6.07, 6.45) is 0. The molecule has 0 aliphatic carbocycles. The quantitative estimate of drug-likeness (QED) is 0.511. The molecule has 0 saturated carbocycles. The lowest BCUT2D eigenvalue weighted by atomic mass is 10.2. The van der Waals surface area contributed by atoms with Crippen molar-refractivity contribution >= 4 is 17.5 Å². The molecule has 0 aliphatic heterocycles. The van der Waals surface area contributed by atoms with Crippen molar-refractivity contribution in [2.24, 2.45) is 5.84 Å². The van der Waals surface area contributed by atoms with Gasteiger partial charge in [0.25, 0.3) is 0 Å². The number of nitrogens with two attached hydrogens (primary N) is 1. The third-order valence-electron chi connectivity index (χ3n) is 2.54. The van der Waals surface area contributed by atoms with Crippen molar-refractivity contribution in [1.82, 2.24) is 15.3 Å². The lowest BCUT2D eigenvalue weighted by Gasteiger charge is -2.19. The number of anilines is 2. The summed E-state index contributed by atoms with van der Waals surface area (Å²) in [6.45, 7) is 6.75. The minimum absolute atomic E-state index is 0.0445. The zero-order valence-corrected chi connectivity index (χ0v) is 11.9. The summed E-state index contributed by atoms with van der Waals surface area (Å²) in [7, 11) is 1.81. The van der Waals surface area contributed by atoms with E-state index in [1.807, 2.05) is 27.8 Å². The molecule has 0 saturated heterocycles. The normalized spacial score (nSPS) is 10.4. The Morgan fingerprint density at radius 3 is 2.68 bits per heavy atom. The van der Waals surface area contributed by atoms with Crippen LogP contribution in [0.3, 0.4) is 0 Å². The van der Waals surface area contributed by atoms with Gasteiger partial charge in [-0.25, -0.2) is 15.8 Å².